The molecule has 2 unspecified atom stereocenters. The van der Waals surface area contributed by atoms with E-state index < -0.39 is 5.97 Å². The van der Waals surface area contributed by atoms with Crippen molar-refractivity contribution in [2.45, 2.75) is 33.6 Å². The molecule has 0 spiro atoms. The number of nitrogens with zero attached hydrogens (tertiary/aromatic N) is 1. The monoisotopic (exact) mass is 285 g/mol. The largest absolute Gasteiger partial charge is 0.365 e. The van der Waals surface area contributed by atoms with Gasteiger partial charge in [0.2, 0.25) is 0 Å². The molecule has 1 aromatic carbocycles. The number of carbonyl (C=O) groups excluding carboxylic acids is 2. The number of hydrogen-bond acceptors (Lipinski definition) is 4. The molecule has 110 valence electrons. The predicted octanol–water partition coefficient (Wildman–Crippen LogP) is 3.22. The van der Waals surface area contributed by atoms with Crippen molar-refractivity contribution in [1.29, 1.82) is 0 Å². The third kappa shape index (κ3) is 1.85. The molecule has 0 aromatic heterocycles. The Labute approximate surface area is 124 Å². The minimum Gasteiger partial charge on any atom is -0.312 e. The number of benzene rings is 1. The van der Waals surface area contributed by atoms with Crippen molar-refractivity contribution < 1.29 is 14.4 Å². The zero-order valence-corrected chi connectivity index (χ0v) is 12.6. The molecule has 2 atom stereocenters. The van der Waals surface area contributed by atoms with Crippen LogP contribution in [0.1, 0.15) is 44.0 Å². The van der Waals surface area contributed by atoms with Crippen molar-refractivity contribution in [3.63, 3.8) is 0 Å². The minimum absolute atomic E-state index is 0.0320. The Hall–Kier alpha value is -1.97. The summed E-state index contributed by atoms with van der Waals surface area (Å²) < 4.78 is 0. The van der Waals surface area contributed by atoms with Gasteiger partial charge < -0.3 is 4.84 Å². The summed E-state index contributed by atoms with van der Waals surface area (Å²) in [6, 6.07) is 8.67. The van der Waals surface area contributed by atoms with E-state index in [0.717, 1.165) is 12.8 Å². The Morgan fingerprint density at radius 2 is 1.90 bits per heavy atom. The number of fused-ring (bicyclic) bond motifs is 2. The van der Waals surface area contributed by atoms with Crippen molar-refractivity contribution >= 4 is 17.5 Å². The molecule has 3 rings (SSSR count). The number of oxime groups is 1. The van der Waals surface area contributed by atoms with Crippen LogP contribution >= 0.6 is 0 Å². The standard InChI is InChI=1S/C17H19NO3/c1-16(2)12-9-10-17(16,3)14(19)13(12)18-21-15(20)11-7-5-4-6-8-11/h4-8,12H,9-10H2,1-3H3. The van der Waals surface area contributed by atoms with Crippen molar-refractivity contribution in [2.75, 3.05) is 0 Å². The van der Waals surface area contributed by atoms with E-state index in [1.54, 1.807) is 24.3 Å². The highest BCUT2D eigenvalue weighted by atomic mass is 16.7. The fraction of sp³-hybridized carbons (Fsp3) is 0.471. The first-order chi connectivity index (χ1) is 9.88. The van der Waals surface area contributed by atoms with Crippen LogP contribution in [0.2, 0.25) is 0 Å². The van der Waals surface area contributed by atoms with Gasteiger partial charge in [-0.15, -0.1) is 0 Å². The maximum atomic E-state index is 12.5. The Morgan fingerprint density at radius 3 is 2.48 bits per heavy atom. The first kappa shape index (κ1) is 14.0. The van der Waals surface area contributed by atoms with Gasteiger partial charge in [0.25, 0.3) is 0 Å². The lowest BCUT2D eigenvalue weighted by Gasteiger charge is -2.31. The summed E-state index contributed by atoms with van der Waals surface area (Å²) in [4.78, 5) is 29.4. The van der Waals surface area contributed by atoms with Gasteiger partial charge >= 0.3 is 5.97 Å². The van der Waals surface area contributed by atoms with Gasteiger partial charge in [-0.1, -0.05) is 44.1 Å². The van der Waals surface area contributed by atoms with Crippen LogP contribution in [0.25, 0.3) is 0 Å². The summed E-state index contributed by atoms with van der Waals surface area (Å²) in [5, 5.41) is 3.92. The number of rotatable bonds is 2. The summed E-state index contributed by atoms with van der Waals surface area (Å²) in [6.45, 7) is 6.20. The fourth-order valence-electron chi connectivity index (χ4n) is 3.65. The highest BCUT2D eigenvalue weighted by molar-refractivity contribution is 6.45. The lowest BCUT2D eigenvalue weighted by Crippen LogP contribution is -2.33. The Kier molecular flexibility index (Phi) is 3.01. The van der Waals surface area contributed by atoms with E-state index in [9.17, 15) is 9.59 Å². The zero-order valence-electron chi connectivity index (χ0n) is 12.6. The van der Waals surface area contributed by atoms with E-state index in [1.165, 1.54) is 0 Å². The minimum atomic E-state index is -0.526. The molecule has 0 saturated heterocycles. The molecule has 0 heterocycles. The summed E-state index contributed by atoms with van der Waals surface area (Å²) >= 11 is 0. The lowest BCUT2D eigenvalue weighted by atomic mass is 9.70. The summed E-state index contributed by atoms with van der Waals surface area (Å²) in [5.74, 6) is -0.412. The molecular formula is C17H19NO3. The molecular weight excluding hydrogens is 266 g/mol. The van der Waals surface area contributed by atoms with Crippen molar-refractivity contribution in [3.8, 4) is 0 Å². The molecule has 2 aliphatic carbocycles. The molecule has 21 heavy (non-hydrogen) atoms. The molecule has 0 radical (unpaired) electrons. The zero-order chi connectivity index (χ0) is 15.3. The molecule has 2 fully saturated rings. The summed E-state index contributed by atoms with van der Waals surface area (Å²) in [6.07, 6.45) is 1.81. The summed E-state index contributed by atoms with van der Waals surface area (Å²) in [5.41, 5.74) is 0.360. The van der Waals surface area contributed by atoms with Crippen LogP contribution in [-0.4, -0.2) is 17.5 Å². The van der Waals surface area contributed by atoms with Gasteiger partial charge in [0, 0.05) is 11.3 Å². The maximum Gasteiger partial charge on any atom is 0.365 e. The van der Waals surface area contributed by atoms with Crippen LogP contribution in [0.5, 0.6) is 0 Å². The number of ketones is 1. The highest BCUT2D eigenvalue weighted by Crippen LogP contribution is 2.62. The number of carbonyl (C=O) groups is 2. The SMILES string of the molecule is CC12CCC(C(=NOC(=O)c3ccccc3)C1=O)C2(C)C. The normalized spacial score (nSPS) is 31.7. The fourth-order valence-corrected chi connectivity index (χ4v) is 3.65. The van der Waals surface area contributed by atoms with Crippen LogP contribution in [0.15, 0.2) is 35.5 Å². The van der Waals surface area contributed by atoms with Crippen molar-refractivity contribution in [1.82, 2.24) is 0 Å². The smallest absolute Gasteiger partial charge is 0.312 e. The van der Waals surface area contributed by atoms with Crippen LogP contribution < -0.4 is 0 Å². The average molecular weight is 285 g/mol. The van der Waals surface area contributed by atoms with Gasteiger partial charge in [0.1, 0.15) is 5.71 Å². The van der Waals surface area contributed by atoms with Crippen LogP contribution in [0.4, 0.5) is 0 Å². The van der Waals surface area contributed by atoms with E-state index in [1.807, 2.05) is 13.0 Å². The van der Waals surface area contributed by atoms with Crippen molar-refractivity contribution in [3.05, 3.63) is 35.9 Å². The van der Waals surface area contributed by atoms with Crippen LogP contribution in [-0.2, 0) is 9.63 Å². The van der Waals surface area contributed by atoms with Crippen LogP contribution in [0.3, 0.4) is 0 Å². The predicted molar refractivity (Wildman–Crippen MR) is 78.9 cm³/mol. The Balaban J connectivity index is 1.83. The lowest BCUT2D eigenvalue weighted by molar-refractivity contribution is -0.123. The Bertz CT molecular complexity index is 633. The molecule has 2 bridgehead atoms. The van der Waals surface area contributed by atoms with E-state index in [0.29, 0.717) is 11.3 Å². The van der Waals surface area contributed by atoms with Gasteiger partial charge in [-0.05, 0) is 30.4 Å². The highest BCUT2D eigenvalue weighted by Gasteiger charge is 2.65. The second-order valence-electron chi connectivity index (χ2n) is 6.70. The van der Waals surface area contributed by atoms with E-state index in [4.69, 9.17) is 4.84 Å². The second kappa shape index (κ2) is 4.52. The topological polar surface area (TPSA) is 55.7 Å². The van der Waals surface area contributed by atoms with Gasteiger partial charge in [0.15, 0.2) is 5.78 Å². The summed E-state index contributed by atoms with van der Waals surface area (Å²) in [7, 11) is 0. The first-order valence-corrected chi connectivity index (χ1v) is 7.27. The molecule has 4 nitrogen and oxygen atoms in total. The molecule has 0 aliphatic heterocycles. The third-order valence-corrected chi connectivity index (χ3v) is 5.53. The molecule has 4 heteroatoms. The number of hydrogen-bond donors (Lipinski definition) is 0. The Morgan fingerprint density at radius 1 is 1.24 bits per heavy atom. The molecule has 2 aliphatic rings. The maximum absolute atomic E-state index is 12.5. The van der Waals surface area contributed by atoms with Gasteiger partial charge in [-0.2, -0.15) is 0 Å². The van der Waals surface area contributed by atoms with Gasteiger partial charge in [0.05, 0.1) is 5.56 Å². The van der Waals surface area contributed by atoms with E-state index >= 15 is 0 Å². The molecule has 1 aromatic rings. The van der Waals surface area contributed by atoms with Crippen LogP contribution in [0, 0.1) is 16.7 Å². The van der Waals surface area contributed by atoms with E-state index in [-0.39, 0.29) is 22.5 Å². The molecule has 0 amide bonds. The van der Waals surface area contributed by atoms with Gasteiger partial charge in [-0.25, -0.2) is 4.79 Å². The van der Waals surface area contributed by atoms with Gasteiger partial charge in [-0.3, -0.25) is 4.79 Å². The quantitative estimate of drug-likeness (QED) is 0.619. The first-order valence-electron chi connectivity index (χ1n) is 7.27. The third-order valence-electron chi connectivity index (χ3n) is 5.53. The number of Topliss-reactive ketones (excluding diaryl/α,β-unsaturated/α-hetero) is 1. The average Bonchev–Trinajstić information content (AvgIpc) is 2.78. The van der Waals surface area contributed by atoms with E-state index in [2.05, 4.69) is 19.0 Å². The molecule has 2 saturated carbocycles. The molecule has 0 N–H and O–H groups in total. The van der Waals surface area contributed by atoms with Crippen molar-refractivity contribution in [2.24, 2.45) is 21.9 Å². The second-order valence-corrected chi connectivity index (χ2v) is 6.70.